The Kier molecular flexibility index (Phi) is 6.26. The van der Waals surface area contributed by atoms with E-state index in [1.807, 2.05) is 57.7 Å². The van der Waals surface area contributed by atoms with Gasteiger partial charge in [-0.25, -0.2) is 29.9 Å². The van der Waals surface area contributed by atoms with Crippen molar-refractivity contribution in [1.29, 1.82) is 0 Å². The molecule has 38 heavy (non-hydrogen) atoms. The van der Waals surface area contributed by atoms with Gasteiger partial charge in [0.2, 0.25) is 0 Å². The largest absolute Gasteiger partial charge is 0.497 e. The van der Waals surface area contributed by atoms with Crippen molar-refractivity contribution in [3.63, 3.8) is 0 Å². The molecule has 4 heterocycles. The first kappa shape index (κ1) is 24.1. The summed E-state index contributed by atoms with van der Waals surface area (Å²) in [5.41, 5.74) is 4.02. The second-order valence-electron chi connectivity index (χ2n) is 8.42. The van der Waals surface area contributed by atoms with E-state index in [4.69, 9.17) is 42.6 Å². The van der Waals surface area contributed by atoms with Gasteiger partial charge in [0, 0.05) is 0 Å². The second kappa shape index (κ2) is 9.88. The summed E-state index contributed by atoms with van der Waals surface area (Å²) in [7, 11) is 3.27. The molecular formula is C26H20Cl2N8O2. The fourth-order valence-corrected chi connectivity index (χ4v) is 4.71. The number of hydrogen-bond acceptors (Lipinski definition) is 8. The van der Waals surface area contributed by atoms with Crippen molar-refractivity contribution in [3.8, 4) is 23.1 Å². The monoisotopic (exact) mass is 546 g/mol. The Balaban J connectivity index is 1.59. The van der Waals surface area contributed by atoms with Crippen LogP contribution in [0.4, 0.5) is 0 Å². The van der Waals surface area contributed by atoms with E-state index >= 15 is 0 Å². The minimum atomic E-state index is 0.244. The number of imidazole rings is 2. The zero-order chi connectivity index (χ0) is 26.2. The maximum Gasteiger partial charge on any atom is 0.179 e. The van der Waals surface area contributed by atoms with E-state index < -0.39 is 0 Å². The summed E-state index contributed by atoms with van der Waals surface area (Å²) in [5.74, 6) is 2.55. The van der Waals surface area contributed by atoms with Gasteiger partial charge in [-0.3, -0.25) is 0 Å². The van der Waals surface area contributed by atoms with Crippen LogP contribution in [0, 0.1) is 0 Å². The summed E-state index contributed by atoms with van der Waals surface area (Å²) in [6, 6.07) is 15.6. The molecule has 6 aromatic rings. The van der Waals surface area contributed by atoms with Crippen molar-refractivity contribution >= 4 is 45.5 Å². The molecule has 4 aromatic heterocycles. The second-order valence-corrected chi connectivity index (χ2v) is 9.14. The molecule has 0 aliphatic carbocycles. The highest BCUT2D eigenvalue weighted by Gasteiger charge is 2.24. The highest BCUT2D eigenvalue weighted by atomic mass is 35.5. The van der Waals surface area contributed by atoms with Gasteiger partial charge >= 0.3 is 0 Å². The molecule has 0 saturated carbocycles. The van der Waals surface area contributed by atoms with Gasteiger partial charge < -0.3 is 18.6 Å². The lowest BCUT2D eigenvalue weighted by Gasteiger charge is -2.12. The van der Waals surface area contributed by atoms with Crippen LogP contribution in [0.15, 0.2) is 61.2 Å². The predicted molar refractivity (Wildman–Crippen MR) is 144 cm³/mol. The van der Waals surface area contributed by atoms with Crippen LogP contribution < -0.4 is 9.47 Å². The number of hydrogen-bond donors (Lipinski definition) is 0. The van der Waals surface area contributed by atoms with Gasteiger partial charge in [-0.05, 0) is 35.4 Å². The molecule has 0 radical (unpaired) electrons. The molecule has 12 heteroatoms. The predicted octanol–water partition coefficient (Wildman–Crippen LogP) is 5.05. The van der Waals surface area contributed by atoms with Crippen molar-refractivity contribution in [2.75, 3.05) is 14.2 Å². The van der Waals surface area contributed by atoms with E-state index in [1.54, 1.807) is 14.2 Å². The SMILES string of the molecule is COc1cccc(Cn2c(-c3nc4c(Cl)ncnc4n3Cc3cccc(OC)c3)nc3c(Cl)ncnc32)c1. The Labute approximate surface area is 226 Å². The number of rotatable bonds is 7. The number of ether oxygens (including phenoxy) is 2. The highest BCUT2D eigenvalue weighted by molar-refractivity contribution is 6.34. The van der Waals surface area contributed by atoms with E-state index in [2.05, 4.69) is 19.9 Å². The summed E-state index contributed by atoms with van der Waals surface area (Å²) < 4.78 is 14.7. The molecule has 0 amide bonds. The van der Waals surface area contributed by atoms with E-state index in [1.165, 1.54) is 12.7 Å². The van der Waals surface area contributed by atoms with Crippen molar-refractivity contribution in [2.45, 2.75) is 13.1 Å². The number of nitrogens with zero attached hydrogens (tertiary/aromatic N) is 8. The van der Waals surface area contributed by atoms with Gasteiger partial charge in [-0.1, -0.05) is 47.5 Å². The first-order valence-corrected chi connectivity index (χ1v) is 12.3. The molecule has 0 saturated heterocycles. The molecule has 0 unspecified atom stereocenters. The first-order chi connectivity index (χ1) is 18.6. The summed E-state index contributed by atoms with van der Waals surface area (Å²) in [6.45, 7) is 0.857. The zero-order valence-corrected chi connectivity index (χ0v) is 21.8. The molecule has 10 nitrogen and oxygen atoms in total. The number of methoxy groups -OCH3 is 2. The number of aromatic nitrogens is 8. The number of halogens is 2. The van der Waals surface area contributed by atoms with E-state index in [0.717, 1.165) is 22.6 Å². The van der Waals surface area contributed by atoms with E-state index in [9.17, 15) is 0 Å². The van der Waals surface area contributed by atoms with Gasteiger partial charge in [0.05, 0.1) is 27.3 Å². The van der Waals surface area contributed by atoms with Gasteiger partial charge in [0.15, 0.2) is 33.2 Å². The van der Waals surface area contributed by atoms with E-state index in [-0.39, 0.29) is 10.3 Å². The molecule has 0 atom stereocenters. The van der Waals surface area contributed by atoms with Gasteiger partial charge in [0.25, 0.3) is 0 Å². The fourth-order valence-electron chi connectivity index (χ4n) is 4.37. The standard InChI is InChI=1S/C26H20Cl2N8O2/c1-37-17-7-3-5-15(9-17)11-35-23-19(21(27)29-13-31-23)33-25(35)26-34-20-22(28)30-14-32-24(20)36(26)12-16-6-4-8-18(10-16)38-2/h3-10,13-14H,11-12H2,1-2H3. The third kappa shape index (κ3) is 4.27. The Morgan fingerprint density at radius 1 is 0.658 bits per heavy atom. The average molecular weight is 547 g/mol. The van der Waals surface area contributed by atoms with Crippen molar-refractivity contribution < 1.29 is 9.47 Å². The molecule has 0 bridgehead atoms. The van der Waals surface area contributed by atoms with Crippen molar-refractivity contribution in [1.82, 2.24) is 39.0 Å². The molecule has 190 valence electrons. The van der Waals surface area contributed by atoms with Crippen LogP contribution >= 0.6 is 23.2 Å². The Bertz CT molecular complexity index is 1670. The minimum absolute atomic E-state index is 0.244. The molecule has 0 aliphatic heterocycles. The molecular weight excluding hydrogens is 527 g/mol. The molecule has 0 N–H and O–H groups in total. The van der Waals surface area contributed by atoms with Crippen LogP contribution in [0.25, 0.3) is 34.0 Å². The minimum Gasteiger partial charge on any atom is -0.497 e. The topological polar surface area (TPSA) is 106 Å². The van der Waals surface area contributed by atoms with Crippen LogP contribution in [0.1, 0.15) is 11.1 Å². The van der Waals surface area contributed by atoms with Gasteiger partial charge in [0.1, 0.15) is 35.2 Å². The number of benzene rings is 2. The molecule has 2 aromatic carbocycles. The Morgan fingerprint density at radius 3 is 1.53 bits per heavy atom. The summed E-state index contributed by atoms with van der Waals surface area (Å²) in [4.78, 5) is 27.0. The van der Waals surface area contributed by atoms with Crippen LogP contribution in [-0.4, -0.2) is 53.3 Å². The third-order valence-corrected chi connectivity index (χ3v) is 6.68. The maximum absolute atomic E-state index is 6.46. The lowest BCUT2D eigenvalue weighted by Crippen LogP contribution is -2.09. The molecule has 0 fully saturated rings. The normalized spacial score (nSPS) is 11.4. The van der Waals surface area contributed by atoms with Crippen LogP contribution in [0.3, 0.4) is 0 Å². The number of fused-ring (bicyclic) bond motifs is 2. The summed E-state index contributed by atoms with van der Waals surface area (Å²) in [5, 5.41) is 0.489. The maximum atomic E-state index is 6.46. The average Bonchev–Trinajstić information content (AvgIpc) is 3.49. The third-order valence-electron chi connectivity index (χ3n) is 6.12. The Morgan fingerprint density at radius 2 is 1.11 bits per heavy atom. The summed E-state index contributed by atoms with van der Waals surface area (Å²) in [6.07, 6.45) is 2.83. The van der Waals surface area contributed by atoms with Crippen LogP contribution in [0.2, 0.25) is 10.3 Å². The molecule has 0 spiro atoms. The first-order valence-electron chi connectivity index (χ1n) is 11.6. The highest BCUT2D eigenvalue weighted by Crippen LogP contribution is 2.32. The van der Waals surface area contributed by atoms with Crippen LogP contribution in [0.5, 0.6) is 11.5 Å². The van der Waals surface area contributed by atoms with Crippen molar-refractivity contribution in [2.24, 2.45) is 0 Å². The van der Waals surface area contributed by atoms with Gasteiger partial charge in [-0.15, -0.1) is 0 Å². The zero-order valence-electron chi connectivity index (χ0n) is 20.3. The molecule has 0 aliphatic rings. The quantitative estimate of drug-likeness (QED) is 0.256. The smallest absolute Gasteiger partial charge is 0.179 e. The van der Waals surface area contributed by atoms with E-state index in [0.29, 0.717) is 47.1 Å². The lowest BCUT2D eigenvalue weighted by atomic mass is 10.2. The Hall–Kier alpha value is -4.28. The molecule has 6 rings (SSSR count). The summed E-state index contributed by atoms with van der Waals surface area (Å²) >= 11 is 12.9. The van der Waals surface area contributed by atoms with Gasteiger partial charge in [-0.2, -0.15) is 0 Å². The van der Waals surface area contributed by atoms with Crippen molar-refractivity contribution in [3.05, 3.63) is 82.6 Å². The lowest BCUT2D eigenvalue weighted by molar-refractivity contribution is 0.414. The fraction of sp³-hybridized carbons (Fsp3) is 0.154. The van der Waals surface area contributed by atoms with Crippen LogP contribution in [-0.2, 0) is 13.1 Å².